The average Bonchev–Trinajstić information content (AvgIpc) is 3.23. The van der Waals surface area contributed by atoms with Crippen molar-refractivity contribution in [2.75, 3.05) is 5.75 Å². The molecule has 1 aliphatic carbocycles. The number of non-ortho nitro benzene ring substituents is 1. The van der Waals surface area contributed by atoms with Gasteiger partial charge in [-0.1, -0.05) is 12.1 Å². The smallest absolute Gasteiger partial charge is 0.269 e. The van der Waals surface area contributed by atoms with Gasteiger partial charge < -0.3 is 11.5 Å². The van der Waals surface area contributed by atoms with Gasteiger partial charge in [-0.05, 0) is 36.2 Å². The van der Waals surface area contributed by atoms with Gasteiger partial charge in [0.15, 0.2) is 0 Å². The second-order valence-corrected chi connectivity index (χ2v) is 6.03. The maximum Gasteiger partial charge on any atom is 0.269 e. The van der Waals surface area contributed by atoms with Crippen molar-refractivity contribution in [3.63, 3.8) is 0 Å². The number of benzene rings is 1. The van der Waals surface area contributed by atoms with Gasteiger partial charge in [-0.3, -0.25) is 10.1 Å². The van der Waals surface area contributed by atoms with Crippen molar-refractivity contribution in [3.05, 3.63) is 51.0 Å². The molecule has 20 heavy (non-hydrogen) atoms. The standard InChI is InChI=1S/C14H19N3O2S/c15-13(14(16)9-20-8-11-1-2-11)7-10-3-5-12(6-4-10)17(18)19/h3-6,9,11,13H,1-2,7-8,15-16H2/b14-9-/t13-/m0/s1. The van der Waals surface area contributed by atoms with Crippen LogP contribution in [0.25, 0.3) is 0 Å². The van der Waals surface area contributed by atoms with Crippen molar-refractivity contribution in [2.24, 2.45) is 17.4 Å². The zero-order chi connectivity index (χ0) is 14.5. The summed E-state index contributed by atoms with van der Waals surface area (Å²) in [4.78, 5) is 10.2. The van der Waals surface area contributed by atoms with Crippen LogP contribution in [0, 0.1) is 16.0 Å². The van der Waals surface area contributed by atoms with Crippen LogP contribution in [-0.2, 0) is 6.42 Å². The molecule has 108 valence electrons. The van der Waals surface area contributed by atoms with E-state index in [-0.39, 0.29) is 11.7 Å². The lowest BCUT2D eigenvalue weighted by Gasteiger charge is -2.12. The molecule has 1 aromatic carbocycles. The number of hydrogen-bond acceptors (Lipinski definition) is 5. The van der Waals surface area contributed by atoms with Gasteiger partial charge >= 0.3 is 0 Å². The monoisotopic (exact) mass is 293 g/mol. The number of nitro groups is 1. The molecule has 0 unspecified atom stereocenters. The highest BCUT2D eigenvalue weighted by Crippen LogP contribution is 2.32. The van der Waals surface area contributed by atoms with E-state index in [1.54, 1.807) is 23.9 Å². The molecule has 0 bridgehead atoms. The lowest BCUT2D eigenvalue weighted by molar-refractivity contribution is -0.384. The Labute approximate surface area is 122 Å². The highest BCUT2D eigenvalue weighted by atomic mass is 32.2. The first-order valence-electron chi connectivity index (χ1n) is 6.62. The molecule has 1 atom stereocenters. The van der Waals surface area contributed by atoms with Crippen LogP contribution >= 0.6 is 11.8 Å². The van der Waals surface area contributed by atoms with Gasteiger partial charge in [0, 0.05) is 29.6 Å². The van der Waals surface area contributed by atoms with E-state index in [1.807, 2.05) is 5.41 Å². The van der Waals surface area contributed by atoms with E-state index in [9.17, 15) is 10.1 Å². The zero-order valence-corrected chi connectivity index (χ0v) is 12.0. The van der Waals surface area contributed by atoms with E-state index in [0.29, 0.717) is 12.1 Å². The first kappa shape index (κ1) is 14.9. The average molecular weight is 293 g/mol. The van der Waals surface area contributed by atoms with E-state index in [2.05, 4.69) is 0 Å². The molecule has 4 N–H and O–H groups in total. The molecule has 6 heteroatoms. The summed E-state index contributed by atoms with van der Waals surface area (Å²) < 4.78 is 0. The number of thioether (sulfide) groups is 1. The lowest BCUT2D eigenvalue weighted by atomic mass is 10.0. The minimum atomic E-state index is -0.410. The van der Waals surface area contributed by atoms with Crippen LogP contribution < -0.4 is 11.5 Å². The van der Waals surface area contributed by atoms with Gasteiger partial charge in [-0.15, -0.1) is 11.8 Å². The van der Waals surface area contributed by atoms with Gasteiger partial charge in [-0.25, -0.2) is 0 Å². The second-order valence-electron chi connectivity index (χ2n) is 5.13. The van der Waals surface area contributed by atoms with Gasteiger partial charge in [-0.2, -0.15) is 0 Å². The zero-order valence-electron chi connectivity index (χ0n) is 11.2. The first-order valence-corrected chi connectivity index (χ1v) is 7.67. The number of nitro benzene ring substituents is 1. The predicted molar refractivity (Wildman–Crippen MR) is 82.2 cm³/mol. The maximum absolute atomic E-state index is 10.6. The molecule has 0 spiro atoms. The summed E-state index contributed by atoms with van der Waals surface area (Å²) in [6.45, 7) is 0. The second kappa shape index (κ2) is 6.76. The lowest BCUT2D eigenvalue weighted by Crippen LogP contribution is -2.29. The molecule has 0 heterocycles. The van der Waals surface area contributed by atoms with Crippen LogP contribution in [0.5, 0.6) is 0 Å². The molecule has 0 aromatic heterocycles. The quantitative estimate of drug-likeness (QED) is 0.594. The van der Waals surface area contributed by atoms with Crippen LogP contribution in [0.15, 0.2) is 35.4 Å². The first-order chi connectivity index (χ1) is 9.56. The summed E-state index contributed by atoms with van der Waals surface area (Å²) in [5.41, 5.74) is 13.7. The van der Waals surface area contributed by atoms with Crippen molar-refractivity contribution in [3.8, 4) is 0 Å². The highest BCUT2D eigenvalue weighted by molar-refractivity contribution is 8.02. The van der Waals surface area contributed by atoms with Gasteiger partial charge in [0.1, 0.15) is 0 Å². The van der Waals surface area contributed by atoms with E-state index < -0.39 is 4.92 Å². The van der Waals surface area contributed by atoms with Crippen molar-refractivity contribution in [1.29, 1.82) is 0 Å². The predicted octanol–water partition coefficient (Wildman–Crippen LogP) is 2.41. The molecule has 1 aromatic rings. The summed E-state index contributed by atoms with van der Waals surface area (Å²) in [5.74, 6) is 1.97. The molecular formula is C14H19N3O2S. The van der Waals surface area contributed by atoms with Crippen LogP contribution in [-0.4, -0.2) is 16.7 Å². The Morgan fingerprint density at radius 3 is 2.65 bits per heavy atom. The molecule has 1 fully saturated rings. The molecule has 1 aliphatic rings. The fraction of sp³-hybridized carbons (Fsp3) is 0.429. The maximum atomic E-state index is 10.6. The molecule has 0 aliphatic heterocycles. The van der Waals surface area contributed by atoms with Crippen molar-refractivity contribution >= 4 is 17.4 Å². The highest BCUT2D eigenvalue weighted by Gasteiger charge is 2.20. The summed E-state index contributed by atoms with van der Waals surface area (Å²) in [6.07, 6.45) is 3.25. The van der Waals surface area contributed by atoms with Gasteiger partial charge in [0.2, 0.25) is 0 Å². The number of nitrogens with two attached hydrogens (primary N) is 2. The van der Waals surface area contributed by atoms with Crippen molar-refractivity contribution in [1.82, 2.24) is 0 Å². The topological polar surface area (TPSA) is 95.2 Å². The molecule has 0 amide bonds. The molecular weight excluding hydrogens is 274 g/mol. The number of rotatable bonds is 7. The Balaban J connectivity index is 1.85. The van der Waals surface area contributed by atoms with Crippen LogP contribution in [0.1, 0.15) is 18.4 Å². The minimum Gasteiger partial charge on any atom is -0.400 e. The van der Waals surface area contributed by atoms with E-state index >= 15 is 0 Å². The fourth-order valence-corrected chi connectivity index (χ4v) is 2.85. The molecule has 0 radical (unpaired) electrons. The third-order valence-electron chi connectivity index (χ3n) is 3.28. The van der Waals surface area contributed by atoms with E-state index in [0.717, 1.165) is 17.2 Å². The van der Waals surface area contributed by atoms with Gasteiger partial charge in [0.05, 0.1) is 4.92 Å². The van der Waals surface area contributed by atoms with Crippen LogP contribution in [0.2, 0.25) is 0 Å². The molecule has 0 saturated heterocycles. The largest absolute Gasteiger partial charge is 0.400 e. The molecule has 2 rings (SSSR count). The summed E-state index contributed by atoms with van der Waals surface area (Å²) in [7, 11) is 0. The van der Waals surface area contributed by atoms with Crippen molar-refractivity contribution < 1.29 is 4.92 Å². The minimum absolute atomic E-state index is 0.0887. The summed E-state index contributed by atoms with van der Waals surface area (Å²) >= 11 is 1.72. The third-order valence-corrected chi connectivity index (χ3v) is 4.38. The Morgan fingerprint density at radius 1 is 1.45 bits per heavy atom. The molecule has 5 nitrogen and oxygen atoms in total. The Morgan fingerprint density at radius 2 is 2.10 bits per heavy atom. The normalized spacial score (nSPS) is 16.9. The number of hydrogen-bond donors (Lipinski definition) is 2. The Kier molecular flexibility index (Phi) is 5.03. The third kappa shape index (κ3) is 4.54. The Bertz CT molecular complexity index is 498. The number of nitrogens with zero attached hydrogens (tertiary/aromatic N) is 1. The summed E-state index contributed by atoms with van der Waals surface area (Å²) in [6, 6.07) is 6.18. The van der Waals surface area contributed by atoms with Crippen LogP contribution in [0.4, 0.5) is 5.69 Å². The van der Waals surface area contributed by atoms with Gasteiger partial charge in [0.25, 0.3) is 5.69 Å². The van der Waals surface area contributed by atoms with E-state index in [4.69, 9.17) is 11.5 Å². The molecule has 1 saturated carbocycles. The Hall–Kier alpha value is -1.53. The van der Waals surface area contributed by atoms with E-state index in [1.165, 1.54) is 25.0 Å². The SMILES string of the molecule is N/C(=C\SCC1CC1)[C@@H](N)Cc1ccc([N+](=O)[O-])cc1. The fourth-order valence-electron chi connectivity index (χ4n) is 1.78. The van der Waals surface area contributed by atoms with Crippen molar-refractivity contribution in [2.45, 2.75) is 25.3 Å². The van der Waals surface area contributed by atoms with Crippen LogP contribution in [0.3, 0.4) is 0 Å². The summed E-state index contributed by atoms with van der Waals surface area (Å²) in [5, 5.41) is 12.5.